The lowest BCUT2D eigenvalue weighted by Gasteiger charge is -2.32. The van der Waals surface area contributed by atoms with Crippen LogP contribution < -0.4 is 14.4 Å². The third kappa shape index (κ3) is 8.63. The summed E-state index contributed by atoms with van der Waals surface area (Å²) in [5, 5.41) is 3.64. The van der Waals surface area contributed by atoms with Gasteiger partial charge in [0.2, 0.25) is 11.8 Å². The van der Waals surface area contributed by atoms with E-state index < -0.39 is 28.5 Å². The molecular formula is C30H34BrCl2N3O5S. The van der Waals surface area contributed by atoms with Gasteiger partial charge in [-0.1, -0.05) is 52.1 Å². The van der Waals surface area contributed by atoms with Crippen molar-refractivity contribution in [1.29, 1.82) is 0 Å². The molecule has 0 aliphatic carbocycles. The first-order valence-corrected chi connectivity index (χ1v) is 16.4. The molecule has 0 aliphatic heterocycles. The molecule has 1 N–H and O–H groups in total. The molecule has 3 rings (SSSR count). The monoisotopic (exact) mass is 697 g/mol. The van der Waals surface area contributed by atoms with Crippen LogP contribution >= 0.6 is 39.1 Å². The van der Waals surface area contributed by atoms with Crippen LogP contribution in [0.4, 0.5) is 5.69 Å². The van der Waals surface area contributed by atoms with Crippen molar-refractivity contribution in [2.75, 3.05) is 17.5 Å². The molecule has 3 aromatic carbocycles. The predicted octanol–water partition coefficient (Wildman–Crippen LogP) is 6.68. The van der Waals surface area contributed by atoms with Gasteiger partial charge in [-0.3, -0.25) is 13.9 Å². The van der Waals surface area contributed by atoms with Gasteiger partial charge in [0.05, 0.1) is 17.2 Å². The summed E-state index contributed by atoms with van der Waals surface area (Å²) in [5.41, 5.74) is 0.817. The van der Waals surface area contributed by atoms with Crippen molar-refractivity contribution in [2.45, 2.75) is 57.6 Å². The Morgan fingerprint density at radius 2 is 1.62 bits per heavy atom. The minimum atomic E-state index is -4.20. The van der Waals surface area contributed by atoms with Crippen molar-refractivity contribution in [3.8, 4) is 5.75 Å². The Morgan fingerprint density at radius 1 is 0.976 bits per heavy atom. The summed E-state index contributed by atoms with van der Waals surface area (Å²) in [6.07, 6.45) is 0.701. The van der Waals surface area contributed by atoms with Gasteiger partial charge in [0.25, 0.3) is 10.0 Å². The minimum absolute atomic E-state index is 0.00208. The van der Waals surface area contributed by atoms with E-state index in [1.54, 1.807) is 61.5 Å². The van der Waals surface area contributed by atoms with Crippen LogP contribution in [-0.2, 0) is 26.2 Å². The summed E-state index contributed by atoms with van der Waals surface area (Å²) in [6, 6.07) is 16.4. The van der Waals surface area contributed by atoms with Crippen molar-refractivity contribution >= 4 is 66.7 Å². The summed E-state index contributed by atoms with van der Waals surface area (Å²) >= 11 is 15.8. The van der Waals surface area contributed by atoms with E-state index in [0.29, 0.717) is 38.9 Å². The second-order valence-electron chi connectivity index (χ2n) is 9.64. The first kappa shape index (κ1) is 33.7. The number of halogens is 3. The van der Waals surface area contributed by atoms with Crippen LogP contribution in [0.1, 0.15) is 39.7 Å². The molecule has 0 saturated carbocycles. The zero-order chi connectivity index (χ0) is 31.0. The number of carbonyl (C=O) groups is 2. The van der Waals surface area contributed by atoms with Crippen LogP contribution in [0.15, 0.2) is 76.1 Å². The third-order valence-corrected chi connectivity index (χ3v) is 9.54. The number of nitrogens with zero attached hydrogens (tertiary/aromatic N) is 2. The molecule has 0 heterocycles. The predicted molar refractivity (Wildman–Crippen MR) is 171 cm³/mol. The highest BCUT2D eigenvalue weighted by Crippen LogP contribution is 2.28. The summed E-state index contributed by atoms with van der Waals surface area (Å²) in [7, 11) is -4.20. The summed E-state index contributed by atoms with van der Waals surface area (Å²) in [4.78, 5) is 28.6. The maximum atomic E-state index is 14.1. The van der Waals surface area contributed by atoms with Gasteiger partial charge >= 0.3 is 0 Å². The first-order valence-electron chi connectivity index (χ1n) is 13.4. The van der Waals surface area contributed by atoms with E-state index >= 15 is 0 Å². The van der Waals surface area contributed by atoms with Crippen molar-refractivity contribution in [3.05, 3.63) is 86.8 Å². The molecule has 0 spiro atoms. The highest BCUT2D eigenvalue weighted by molar-refractivity contribution is 9.10. The maximum Gasteiger partial charge on any atom is 0.264 e. The Bertz CT molecular complexity index is 1490. The number of rotatable bonds is 13. The molecule has 8 nitrogen and oxygen atoms in total. The molecule has 0 saturated heterocycles. The number of sulfonamides is 1. The van der Waals surface area contributed by atoms with E-state index in [1.165, 1.54) is 17.0 Å². The van der Waals surface area contributed by atoms with Gasteiger partial charge in [-0.15, -0.1) is 0 Å². The lowest BCUT2D eigenvalue weighted by atomic mass is 10.1. The fraction of sp³-hybridized carbons (Fsp3) is 0.333. The van der Waals surface area contributed by atoms with E-state index in [9.17, 15) is 18.0 Å². The number of nitrogens with one attached hydrogen (secondary N) is 1. The van der Waals surface area contributed by atoms with Crippen LogP contribution in [0.25, 0.3) is 0 Å². The molecule has 0 bridgehead atoms. The van der Waals surface area contributed by atoms with Crippen molar-refractivity contribution in [2.24, 2.45) is 0 Å². The highest BCUT2D eigenvalue weighted by Gasteiger charge is 2.33. The second-order valence-corrected chi connectivity index (χ2v) is 13.3. The Hall–Kier alpha value is -2.79. The molecule has 226 valence electrons. The zero-order valence-corrected chi connectivity index (χ0v) is 27.7. The summed E-state index contributed by atoms with van der Waals surface area (Å²) < 4.78 is 35.1. The molecule has 0 aromatic heterocycles. The molecule has 0 unspecified atom stereocenters. The van der Waals surface area contributed by atoms with Crippen LogP contribution in [0.2, 0.25) is 10.0 Å². The number of amides is 2. The van der Waals surface area contributed by atoms with Crippen molar-refractivity contribution in [1.82, 2.24) is 10.2 Å². The van der Waals surface area contributed by atoms with Crippen molar-refractivity contribution < 1.29 is 22.7 Å². The standard InChI is InChI=1S/C30H34BrCl2N3O5S/c1-5-20(3)34-30(38)21(4)35(18-22-7-10-24(32)17-28(22)33)29(37)19-36(25-11-13-26(14-12-25)41-6-2)42(39,40)27-15-8-23(31)9-16-27/h7-17,20-21H,5-6,18-19H2,1-4H3,(H,34,38)/t20-,21-/m0/s1. The fourth-order valence-corrected chi connectivity index (χ4v) is 6.17. The molecule has 2 amide bonds. The quantitative estimate of drug-likeness (QED) is 0.215. The lowest BCUT2D eigenvalue weighted by molar-refractivity contribution is -0.139. The van der Waals surface area contributed by atoms with Gasteiger partial charge in [0.1, 0.15) is 18.3 Å². The third-order valence-electron chi connectivity index (χ3n) is 6.64. The van der Waals surface area contributed by atoms with Crippen molar-refractivity contribution in [3.63, 3.8) is 0 Å². The highest BCUT2D eigenvalue weighted by atomic mass is 79.9. The smallest absolute Gasteiger partial charge is 0.264 e. The normalized spacial score (nSPS) is 12.7. The second kappa shape index (κ2) is 15.1. The average molecular weight is 699 g/mol. The molecule has 12 heteroatoms. The van der Waals surface area contributed by atoms with E-state index in [2.05, 4.69) is 21.2 Å². The molecular weight excluding hydrogens is 665 g/mol. The molecule has 0 fully saturated rings. The Kier molecular flexibility index (Phi) is 12.1. The molecule has 2 atom stereocenters. The minimum Gasteiger partial charge on any atom is -0.494 e. The van der Waals surface area contributed by atoms with Crippen LogP contribution in [0, 0.1) is 0 Å². The van der Waals surface area contributed by atoms with E-state index in [-0.39, 0.29) is 29.1 Å². The fourth-order valence-electron chi connectivity index (χ4n) is 4.02. The Labute approximate surface area is 266 Å². The molecule has 0 aliphatic rings. The Balaban J connectivity index is 2.05. The van der Waals surface area contributed by atoms with Crippen LogP contribution in [-0.4, -0.2) is 50.4 Å². The summed E-state index contributed by atoms with van der Waals surface area (Å²) in [5.74, 6) is -0.406. The lowest BCUT2D eigenvalue weighted by Crippen LogP contribution is -2.52. The topological polar surface area (TPSA) is 96.0 Å². The largest absolute Gasteiger partial charge is 0.494 e. The number of ether oxygens (including phenoxy) is 1. The number of benzene rings is 3. The van der Waals surface area contributed by atoms with Gasteiger partial charge in [0.15, 0.2) is 0 Å². The Morgan fingerprint density at radius 3 is 2.19 bits per heavy atom. The van der Waals surface area contributed by atoms with Gasteiger partial charge in [-0.05, 0) is 93.4 Å². The number of hydrogen-bond donors (Lipinski definition) is 1. The molecule has 0 radical (unpaired) electrons. The van der Waals surface area contributed by atoms with Gasteiger partial charge < -0.3 is 15.0 Å². The number of anilines is 1. The maximum absolute atomic E-state index is 14.1. The molecule has 42 heavy (non-hydrogen) atoms. The van der Waals surface area contributed by atoms with E-state index in [4.69, 9.17) is 27.9 Å². The van der Waals surface area contributed by atoms with Gasteiger partial charge in [-0.2, -0.15) is 0 Å². The summed E-state index contributed by atoms with van der Waals surface area (Å²) in [6.45, 7) is 7.08. The van der Waals surface area contributed by atoms with Gasteiger partial charge in [-0.25, -0.2) is 8.42 Å². The average Bonchev–Trinajstić information content (AvgIpc) is 2.95. The van der Waals surface area contributed by atoms with Crippen LogP contribution in [0.5, 0.6) is 5.75 Å². The number of hydrogen-bond acceptors (Lipinski definition) is 5. The van der Waals surface area contributed by atoms with E-state index in [0.717, 1.165) is 4.31 Å². The SMILES string of the molecule is CCOc1ccc(N(CC(=O)N(Cc2ccc(Cl)cc2Cl)[C@@H](C)C(=O)N[C@@H](C)CC)S(=O)(=O)c2ccc(Br)cc2)cc1. The first-order chi connectivity index (χ1) is 19.9. The molecule has 3 aromatic rings. The van der Waals surface area contributed by atoms with Gasteiger partial charge in [0, 0.05) is 27.1 Å². The van der Waals surface area contributed by atoms with E-state index in [1.807, 2.05) is 20.8 Å². The van der Waals surface area contributed by atoms with Crippen LogP contribution in [0.3, 0.4) is 0 Å². The number of carbonyl (C=O) groups excluding carboxylic acids is 2. The zero-order valence-electron chi connectivity index (χ0n) is 23.8.